The molecule has 19 heavy (non-hydrogen) atoms. The van der Waals surface area contributed by atoms with Gasteiger partial charge >= 0.3 is 0 Å². The standard InChI is InChI=1S/C14H21N3O2/c1-3-8-16(13-6-7-15-10-13)12-5-4-11(2)14(9-12)17(18)19/h4-5,9,13,15H,3,6-8,10H2,1-2H3. The molecule has 0 aromatic heterocycles. The van der Waals surface area contributed by atoms with Crippen molar-refractivity contribution in [2.75, 3.05) is 24.5 Å². The Hall–Kier alpha value is -1.62. The number of hydrogen-bond acceptors (Lipinski definition) is 4. The Morgan fingerprint density at radius 2 is 2.32 bits per heavy atom. The summed E-state index contributed by atoms with van der Waals surface area (Å²) < 4.78 is 0. The summed E-state index contributed by atoms with van der Waals surface area (Å²) in [7, 11) is 0. The fourth-order valence-electron chi connectivity index (χ4n) is 2.64. The summed E-state index contributed by atoms with van der Waals surface area (Å²) in [6.45, 7) is 6.84. The minimum Gasteiger partial charge on any atom is -0.367 e. The predicted octanol–water partition coefficient (Wildman–Crippen LogP) is 2.48. The topological polar surface area (TPSA) is 58.4 Å². The molecule has 1 aromatic rings. The highest BCUT2D eigenvalue weighted by molar-refractivity contribution is 5.57. The Kier molecular flexibility index (Phi) is 4.37. The molecule has 2 rings (SSSR count). The van der Waals surface area contributed by atoms with Crippen molar-refractivity contribution in [2.24, 2.45) is 0 Å². The lowest BCUT2D eigenvalue weighted by atomic mass is 10.1. The van der Waals surface area contributed by atoms with Gasteiger partial charge in [-0.25, -0.2) is 0 Å². The molecule has 0 saturated carbocycles. The van der Waals surface area contributed by atoms with Gasteiger partial charge in [0.1, 0.15) is 0 Å². The van der Waals surface area contributed by atoms with Crippen LogP contribution >= 0.6 is 0 Å². The molecule has 0 amide bonds. The van der Waals surface area contributed by atoms with E-state index in [-0.39, 0.29) is 10.6 Å². The molecule has 1 heterocycles. The summed E-state index contributed by atoms with van der Waals surface area (Å²) in [6, 6.07) is 6.00. The van der Waals surface area contributed by atoms with Crippen molar-refractivity contribution in [2.45, 2.75) is 32.7 Å². The number of nitro groups is 1. The monoisotopic (exact) mass is 263 g/mol. The molecule has 104 valence electrons. The second-order valence-corrected chi connectivity index (χ2v) is 5.07. The van der Waals surface area contributed by atoms with Crippen molar-refractivity contribution >= 4 is 11.4 Å². The molecular formula is C14H21N3O2. The molecular weight excluding hydrogens is 242 g/mol. The van der Waals surface area contributed by atoms with Crippen LogP contribution in [-0.2, 0) is 0 Å². The normalized spacial score (nSPS) is 18.5. The van der Waals surface area contributed by atoms with Crippen LogP contribution in [-0.4, -0.2) is 30.6 Å². The van der Waals surface area contributed by atoms with Crippen molar-refractivity contribution < 1.29 is 4.92 Å². The van der Waals surface area contributed by atoms with Crippen LogP contribution in [0.4, 0.5) is 11.4 Å². The maximum atomic E-state index is 11.1. The van der Waals surface area contributed by atoms with E-state index in [1.54, 1.807) is 13.0 Å². The first kappa shape index (κ1) is 13.8. The molecule has 1 fully saturated rings. The summed E-state index contributed by atoms with van der Waals surface area (Å²) in [4.78, 5) is 13.1. The molecule has 1 aliphatic rings. The SMILES string of the molecule is CCCN(c1ccc(C)c([N+](=O)[O-])c1)C1CCNC1. The number of nitrogens with zero attached hydrogens (tertiary/aromatic N) is 2. The molecule has 1 aromatic carbocycles. The van der Waals surface area contributed by atoms with Crippen molar-refractivity contribution in [3.8, 4) is 0 Å². The van der Waals surface area contributed by atoms with Gasteiger partial charge in [0.05, 0.1) is 4.92 Å². The summed E-state index contributed by atoms with van der Waals surface area (Å²) in [6.07, 6.45) is 2.14. The van der Waals surface area contributed by atoms with E-state index >= 15 is 0 Å². The van der Waals surface area contributed by atoms with Crippen LogP contribution in [0.1, 0.15) is 25.3 Å². The minimum absolute atomic E-state index is 0.213. The number of nitro benzene ring substituents is 1. The van der Waals surface area contributed by atoms with E-state index in [0.717, 1.165) is 43.7 Å². The molecule has 0 bridgehead atoms. The van der Waals surface area contributed by atoms with Gasteiger partial charge in [0.2, 0.25) is 0 Å². The van der Waals surface area contributed by atoms with E-state index in [1.807, 2.05) is 12.1 Å². The third-order valence-electron chi connectivity index (χ3n) is 3.66. The third kappa shape index (κ3) is 3.04. The van der Waals surface area contributed by atoms with E-state index in [2.05, 4.69) is 17.1 Å². The number of nitrogens with one attached hydrogen (secondary N) is 1. The van der Waals surface area contributed by atoms with Crippen molar-refractivity contribution in [1.82, 2.24) is 5.32 Å². The first-order valence-corrected chi connectivity index (χ1v) is 6.86. The fraction of sp³-hybridized carbons (Fsp3) is 0.571. The summed E-state index contributed by atoms with van der Waals surface area (Å²) in [5.74, 6) is 0. The molecule has 1 aliphatic heterocycles. The highest BCUT2D eigenvalue weighted by Crippen LogP contribution is 2.27. The number of benzene rings is 1. The highest BCUT2D eigenvalue weighted by Gasteiger charge is 2.23. The Bertz CT molecular complexity index is 456. The van der Waals surface area contributed by atoms with Crippen LogP contribution in [0.25, 0.3) is 0 Å². The Labute approximate surface area is 113 Å². The fourth-order valence-corrected chi connectivity index (χ4v) is 2.64. The van der Waals surface area contributed by atoms with Crippen LogP contribution in [0.3, 0.4) is 0 Å². The van der Waals surface area contributed by atoms with Gasteiger partial charge in [-0.15, -0.1) is 0 Å². The first-order valence-electron chi connectivity index (χ1n) is 6.86. The van der Waals surface area contributed by atoms with Crippen LogP contribution in [0.15, 0.2) is 18.2 Å². The summed E-state index contributed by atoms with van der Waals surface area (Å²) in [5.41, 5.74) is 1.90. The van der Waals surface area contributed by atoms with E-state index < -0.39 is 0 Å². The number of rotatable bonds is 5. The average molecular weight is 263 g/mol. The number of anilines is 1. The van der Waals surface area contributed by atoms with Gasteiger partial charge in [-0.2, -0.15) is 0 Å². The van der Waals surface area contributed by atoms with Crippen LogP contribution in [0.2, 0.25) is 0 Å². The van der Waals surface area contributed by atoms with Gasteiger partial charge in [-0.3, -0.25) is 10.1 Å². The molecule has 1 N–H and O–H groups in total. The van der Waals surface area contributed by atoms with Gasteiger partial charge in [-0.1, -0.05) is 13.0 Å². The second kappa shape index (κ2) is 6.02. The molecule has 1 saturated heterocycles. The zero-order valence-electron chi connectivity index (χ0n) is 11.6. The Morgan fingerprint density at radius 3 is 2.89 bits per heavy atom. The molecule has 0 aliphatic carbocycles. The van der Waals surface area contributed by atoms with Gasteiger partial charge in [-0.05, 0) is 32.4 Å². The molecule has 1 unspecified atom stereocenters. The summed E-state index contributed by atoms with van der Waals surface area (Å²) in [5, 5.41) is 14.4. The van der Waals surface area contributed by atoms with Crippen molar-refractivity contribution in [1.29, 1.82) is 0 Å². The van der Waals surface area contributed by atoms with Crippen LogP contribution < -0.4 is 10.2 Å². The zero-order chi connectivity index (χ0) is 13.8. The van der Waals surface area contributed by atoms with Crippen LogP contribution in [0.5, 0.6) is 0 Å². The smallest absolute Gasteiger partial charge is 0.274 e. The van der Waals surface area contributed by atoms with Crippen molar-refractivity contribution in [3.63, 3.8) is 0 Å². The lowest BCUT2D eigenvalue weighted by Gasteiger charge is -2.30. The predicted molar refractivity (Wildman–Crippen MR) is 76.7 cm³/mol. The first-order chi connectivity index (χ1) is 9.13. The zero-order valence-corrected chi connectivity index (χ0v) is 11.6. The maximum absolute atomic E-state index is 11.1. The quantitative estimate of drug-likeness (QED) is 0.655. The summed E-state index contributed by atoms with van der Waals surface area (Å²) >= 11 is 0. The average Bonchev–Trinajstić information content (AvgIpc) is 2.90. The number of hydrogen-bond donors (Lipinski definition) is 1. The third-order valence-corrected chi connectivity index (χ3v) is 3.66. The van der Waals surface area contributed by atoms with E-state index in [4.69, 9.17) is 0 Å². The van der Waals surface area contributed by atoms with E-state index in [0.29, 0.717) is 6.04 Å². The molecule has 1 atom stereocenters. The highest BCUT2D eigenvalue weighted by atomic mass is 16.6. The van der Waals surface area contributed by atoms with Crippen LogP contribution in [0, 0.1) is 17.0 Å². The maximum Gasteiger partial charge on any atom is 0.274 e. The molecule has 0 spiro atoms. The van der Waals surface area contributed by atoms with Gasteiger partial charge in [0.25, 0.3) is 5.69 Å². The van der Waals surface area contributed by atoms with Crippen molar-refractivity contribution in [3.05, 3.63) is 33.9 Å². The van der Waals surface area contributed by atoms with Gasteiger partial charge < -0.3 is 10.2 Å². The molecule has 0 radical (unpaired) electrons. The van der Waals surface area contributed by atoms with Gasteiger partial charge in [0.15, 0.2) is 0 Å². The molecule has 5 nitrogen and oxygen atoms in total. The lowest BCUT2D eigenvalue weighted by molar-refractivity contribution is -0.385. The Balaban J connectivity index is 2.30. The second-order valence-electron chi connectivity index (χ2n) is 5.07. The lowest BCUT2D eigenvalue weighted by Crippen LogP contribution is -2.37. The Morgan fingerprint density at radius 1 is 1.53 bits per heavy atom. The van der Waals surface area contributed by atoms with E-state index in [9.17, 15) is 10.1 Å². The minimum atomic E-state index is -0.296. The molecule has 5 heteroatoms. The number of aryl methyl sites for hydroxylation is 1. The van der Waals surface area contributed by atoms with Gasteiger partial charge in [0, 0.05) is 36.4 Å². The van der Waals surface area contributed by atoms with E-state index in [1.165, 1.54) is 0 Å². The largest absolute Gasteiger partial charge is 0.367 e.